The Bertz CT molecular complexity index is 1170. The molecule has 0 radical (unpaired) electrons. The van der Waals surface area contributed by atoms with Crippen LogP contribution in [0.25, 0.3) is 0 Å². The topological polar surface area (TPSA) is 61.8 Å². The summed E-state index contributed by atoms with van der Waals surface area (Å²) in [5.41, 5.74) is 2.39. The van der Waals surface area contributed by atoms with E-state index in [4.69, 9.17) is 14.2 Å². The van der Waals surface area contributed by atoms with Gasteiger partial charge in [0.25, 0.3) is 0 Å². The molecule has 4 aliphatic carbocycles. The monoisotopic (exact) mass is 494 g/mol. The van der Waals surface area contributed by atoms with Gasteiger partial charge in [0.05, 0.1) is 26.7 Å². The van der Waals surface area contributed by atoms with Gasteiger partial charge in [-0.1, -0.05) is 27.7 Å². The fourth-order valence-electron chi connectivity index (χ4n) is 8.96. The molecule has 6 atom stereocenters. The number of ether oxygens (including phenoxy) is 3. The van der Waals surface area contributed by atoms with Crippen LogP contribution in [0.15, 0.2) is 23.8 Å². The van der Waals surface area contributed by atoms with Crippen LogP contribution in [-0.2, 0) is 14.9 Å². The third kappa shape index (κ3) is 3.07. The zero-order valence-corrected chi connectivity index (χ0v) is 23.3. The summed E-state index contributed by atoms with van der Waals surface area (Å²) >= 11 is 0. The Morgan fingerprint density at radius 3 is 2.14 bits per heavy atom. The molecule has 0 saturated heterocycles. The van der Waals surface area contributed by atoms with E-state index in [-0.39, 0.29) is 33.4 Å². The number of ketones is 1. The van der Waals surface area contributed by atoms with Gasteiger partial charge in [-0.2, -0.15) is 0 Å². The number of benzene rings is 1. The van der Waals surface area contributed by atoms with Crippen LogP contribution in [0.3, 0.4) is 0 Å². The van der Waals surface area contributed by atoms with E-state index in [1.165, 1.54) is 12.7 Å². The lowest BCUT2D eigenvalue weighted by Gasteiger charge is -2.69. The van der Waals surface area contributed by atoms with Crippen LogP contribution in [0.4, 0.5) is 0 Å². The van der Waals surface area contributed by atoms with Gasteiger partial charge in [-0.3, -0.25) is 9.59 Å². The molecule has 5 heteroatoms. The van der Waals surface area contributed by atoms with Gasteiger partial charge in [0, 0.05) is 11.0 Å². The number of hydrogen-bond donors (Lipinski definition) is 0. The first-order valence-electron chi connectivity index (χ1n) is 13.4. The maximum absolute atomic E-state index is 13.6. The van der Waals surface area contributed by atoms with E-state index in [2.05, 4.69) is 34.6 Å². The van der Waals surface area contributed by atoms with Crippen molar-refractivity contribution in [3.05, 3.63) is 34.9 Å². The highest BCUT2D eigenvalue weighted by molar-refractivity contribution is 6.09. The van der Waals surface area contributed by atoms with Gasteiger partial charge in [-0.05, 0) is 103 Å². The van der Waals surface area contributed by atoms with Crippen LogP contribution in [-0.4, -0.2) is 33.1 Å². The summed E-state index contributed by atoms with van der Waals surface area (Å²) in [6.07, 6.45) is 8.92. The van der Waals surface area contributed by atoms with Crippen molar-refractivity contribution in [1.29, 1.82) is 0 Å². The molecule has 3 saturated carbocycles. The van der Waals surface area contributed by atoms with E-state index in [9.17, 15) is 9.59 Å². The summed E-state index contributed by atoms with van der Waals surface area (Å²) in [5.74, 6) is 1.62. The van der Waals surface area contributed by atoms with Gasteiger partial charge in [0.15, 0.2) is 17.3 Å². The third-order valence-electron chi connectivity index (χ3n) is 11.6. The molecule has 4 aliphatic rings. The predicted molar refractivity (Wildman–Crippen MR) is 140 cm³/mol. The van der Waals surface area contributed by atoms with Gasteiger partial charge in [0.2, 0.25) is 0 Å². The number of carbonyl (C=O) groups is 2. The van der Waals surface area contributed by atoms with Crippen molar-refractivity contribution in [3.8, 4) is 11.5 Å². The van der Waals surface area contributed by atoms with E-state index in [0.29, 0.717) is 17.4 Å². The molecule has 1 aromatic carbocycles. The fraction of sp³-hybridized carbons (Fsp3) is 0.677. The summed E-state index contributed by atoms with van der Waals surface area (Å²) in [6.45, 7) is 11.7. The molecular weight excluding hydrogens is 452 g/mol. The second kappa shape index (κ2) is 7.85. The molecule has 0 unspecified atom stereocenters. The summed E-state index contributed by atoms with van der Waals surface area (Å²) in [6, 6.07) is 3.89. The Balaban J connectivity index is 1.63. The Morgan fingerprint density at radius 1 is 0.861 bits per heavy atom. The first kappa shape index (κ1) is 25.4. The minimum absolute atomic E-state index is 0.0185. The first-order valence-corrected chi connectivity index (χ1v) is 13.4. The van der Waals surface area contributed by atoms with Crippen LogP contribution in [0, 0.1) is 27.6 Å². The Hall–Kier alpha value is -2.30. The van der Waals surface area contributed by atoms with Crippen LogP contribution in [0.1, 0.15) is 95.5 Å². The Morgan fingerprint density at radius 2 is 1.50 bits per heavy atom. The normalized spacial score (nSPS) is 41.2. The molecule has 5 nitrogen and oxygen atoms in total. The van der Waals surface area contributed by atoms with Crippen molar-refractivity contribution in [2.24, 2.45) is 27.6 Å². The van der Waals surface area contributed by atoms with Crippen molar-refractivity contribution >= 4 is 11.8 Å². The van der Waals surface area contributed by atoms with Gasteiger partial charge in [-0.15, -0.1) is 0 Å². The molecule has 0 amide bonds. The van der Waals surface area contributed by atoms with Crippen molar-refractivity contribution in [3.63, 3.8) is 0 Å². The van der Waals surface area contributed by atoms with Crippen LogP contribution in [0.2, 0.25) is 0 Å². The number of fused-ring (bicyclic) bond motifs is 7. The zero-order chi connectivity index (χ0) is 26.3. The molecule has 0 heterocycles. The molecule has 0 bridgehead atoms. The standard InChI is InChI=1S/C31H42O5/c1-27-9-10-28(2,26(33)36-8)18-25(27)31(5)14-12-29(3)20-16-23(35-7)22(34-6)15-19(20)21(32)17-24(29)30(31,4)13-11-27/h15-17,25H,9-14,18H2,1-8H3/t25-,27-,28-,29+,30-,31+/m1/s1. The Labute approximate surface area is 216 Å². The van der Waals surface area contributed by atoms with Crippen molar-refractivity contribution < 1.29 is 23.8 Å². The number of hydrogen-bond acceptors (Lipinski definition) is 5. The highest BCUT2D eigenvalue weighted by Crippen LogP contribution is 2.74. The summed E-state index contributed by atoms with van der Waals surface area (Å²) in [7, 11) is 4.77. The molecule has 196 valence electrons. The van der Waals surface area contributed by atoms with Gasteiger partial charge >= 0.3 is 5.97 Å². The second-order valence-corrected chi connectivity index (χ2v) is 13.2. The first-order chi connectivity index (χ1) is 16.8. The van der Waals surface area contributed by atoms with Crippen LogP contribution in [0.5, 0.6) is 11.5 Å². The lowest BCUT2D eigenvalue weighted by Crippen LogP contribution is -2.62. The third-order valence-corrected chi connectivity index (χ3v) is 11.6. The largest absolute Gasteiger partial charge is 0.493 e. The highest BCUT2D eigenvalue weighted by atomic mass is 16.5. The van der Waals surface area contributed by atoms with Crippen molar-refractivity contribution in [1.82, 2.24) is 0 Å². The quantitative estimate of drug-likeness (QED) is 0.439. The molecule has 0 aromatic heterocycles. The van der Waals surface area contributed by atoms with Gasteiger partial charge in [-0.25, -0.2) is 0 Å². The average Bonchev–Trinajstić information content (AvgIpc) is 2.87. The Kier molecular flexibility index (Phi) is 5.53. The van der Waals surface area contributed by atoms with Gasteiger partial charge < -0.3 is 14.2 Å². The molecule has 5 rings (SSSR count). The minimum atomic E-state index is -0.450. The van der Waals surface area contributed by atoms with Gasteiger partial charge in [0.1, 0.15) is 0 Å². The van der Waals surface area contributed by atoms with Crippen LogP contribution < -0.4 is 9.47 Å². The van der Waals surface area contributed by atoms with E-state index in [1.807, 2.05) is 18.2 Å². The molecule has 36 heavy (non-hydrogen) atoms. The fourth-order valence-corrected chi connectivity index (χ4v) is 8.96. The highest BCUT2D eigenvalue weighted by Gasteiger charge is 2.67. The lowest BCUT2D eigenvalue weighted by atomic mass is 9.34. The number of esters is 1. The summed E-state index contributed by atoms with van der Waals surface area (Å²) < 4.78 is 16.5. The number of methoxy groups -OCH3 is 3. The molecule has 1 aromatic rings. The van der Waals surface area contributed by atoms with Crippen molar-refractivity contribution in [2.75, 3.05) is 21.3 Å². The van der Waals surface area contributed by atoms with Crippen LogP contribution >= 0.6 is 0 Å². The lowest BCUT2D eigenvalue weighted by molar-refractivity contribution is -0.179. The van der Waals surface area contributed by atoms with E-state index >= 15 is 0 Å². The number of rotatable bonds is 3. The number of carbonyl (C=O) groups excluding carboxylic acids is 2. The van der Waals surface area contributed by atoms with Crippen molar-refractivity contribution in [2.45, 2.75) is 85.0 Å². The second-order valence-electron chi connectivity index (χ2n) is 13.2. The zero-order valence-electron chi connectivity index (χ0n) is 23.3. The molecule has 0 N–H and O–H groups in total. The average molecular weight is 495 g/mol. The SMILES string of the molecule is COC(=O)[C@]1(C)CC[C@]2(C)CC[C@]3(C)C4=CC(=O)c5cc(OC)c(OC)cc5[C@]4(C)CC[C@@]3(C)[C@@H]2C1. The molecule has 0 spiro atoms. The van der Waals surface area contributed by atoms with E-state index in [0.717, 1.165) is 56.1 Å². The molecule has 0 aliphatic heterocycles. The maximum atomic E-state index is 13.6. The summed E-state index contributed by atoms with van der Waals surface area (Å²) in [4.78, 5) is 26.5. The smallest absolute Gasteiger partial charge is 0.311 e. The predicted octanol–water partition coefficient (Wildman–Crippen LogP) is 6.67. The number of allylic oxidation sites excluding steroid dienone is 2. The molecule has 3 fully saturated rings. The molecular formula is C31H42O5. The maximum Gasteiger partial charge on any atom is 0.311 e. The summed E-state index contributed by atoms with van der Waals surface area (Å²) in [5, 5.41) is 0. The minimum Gasteiger partial charge on any atom is -0.493 e. The van der Waals surface area contributed by atoms with E-state index < -0.39 is 5.41 Å². The van der Waals surface area contributed by atoms with E-state index in [1.54, 1.807) is 14.2 Å².